The summed E-state index contributed by atoms with van der Waals surface area (Å²) in [5.74, 6) is -3.89. The molecule has 2 atom stereocenters. The predicted molar refractivity (Wildman–Crippen MR) is 119 cm³/mol. The first kappa shape index (κ1) is 23.1. The molecule has 0 spiro atoms. The normalized spacial score (nSPS) is 19.2. The molecule has 1 saturated heterocycles. The first-order valence-corrected chi connectivity index (χ1v) is 11.0. The summed E-state index contributed by atoms with van der Waals surface area (Å²) < 4.78 is 31.9. The highest BCUT2D eigenvalue weighted by Gasteiger charge is 2.46. The molecule has 4 rings (SSSR count). The van der Waals surface area contributed by atoms with Gasteiger partial charge in [-0.05, 0) is 30.2 Å². The van der Waals surface area contributed by atoms with Crippen LogP contribution < -0.4 is 10.0 Å². The van der Waals surface area contributed by atoms with E-state index in [9.17, 15) is 18.8 Å². The van der Waals surface area contributed by atoms with E-state index in [1.54, 1.807) is 30.4 Å². The van der Waals surface area contributed by atoms with Crippen LogP contribution in [0.3, 0.4) is 0 Å². The third-order valence-corrected chi connectivity index (χ3v) is 6.20. The van der Waals surface area contributed by atoms with Crippen molar-refractivity contribution in [3.8, 4) is 0 Å². The minimum atomic E-state index is -2.90. The van der Waals surface area contributed by atoms with E-state index in [4.69, 9.17) is 11.6 Å². The van der Waals surface area contributed by atoms with Crippen LogP contribution in [0.25, 0.3) is 0 Å². The molecule has 1 aromatic carbocycles. The van der Waals surface area contributed by atoms with E-state index in [1.165, 1.54) is 24.5 Å². The van der Waals surface area contributed by atoms with Crippen LogP contribution in [0.2, 0.25) is 5.02 Å². The number of hydrogen-bond donors (Lipinski definition) is 2. The van der Waals surface area contributed by atoms with Gasteiger partial charge in [-0.1, -0.05) is 23.7 Å². The zero-order chi connectivity index (χ0) is 23.6. The molecule has 1 fully saturated rings. The van der Waals surface area contributed by atoms with Gasteiger partial charge in [0, 0.05) is 54.1 Å². The van der Waals surface area contributed by atoms with E-state index in [0.717, 1.165) is 10.3 Å². The maximum Gasteiger partial charge on any atom is 0.257 e. The lowest BCUT2D eigenvalue weighted by atomic mass is 9.87. The molecule has 10 heteroatoms. The number of amides is 1. The average molecular weight is 477 g/mol. The molecular formula is C23H25ClF2N5O2+. The number of rotatable bonds is 6. The van der Waals surface area contributed by atoms with Gasteiger partial charge in [0.2, 0.25) is 18.3 Å². The number of carbonyl (C=O) groups excluding carboxylic acids is 1. The van der Waals surface area contributed by atoms with E-state index in [1.807, 2.05) is 22.8 Å². The second-order valence-corrected chi connectivity index (χ2v) is 8.73. The van der Waals surface area contributed by atoms with Crippen molar-refractivity contribution >= 4 is 23.3 Å². The third-order valence-electron chi connectivity index (χ3n) is 5.97. The zero-order valence-electron chi connectivity index (χ0n) is 18.0. The highest BCUT2D eigenvalue weighted by atomic mass is 35.5. The Kier molecular flexibility index (Phi) is 6.62. The van der Waals surface area contributed by atoms with E-state index in [2.05, 4.69) is 10.3 Å². The molecule has 0 unspecified atom stereocenters. The van der Waals surface area contributed by atoms with E-state index >= 15 is 0 Å². The Morgan fingerprint density at radius 1 is 1.36 bits per heavy atom. The van der Waals surface area contributed by atoms with Crippen LogP contribution in [0.4, 0.5) is 14.6 Å². The van der Waals surface area contributed by atoms with E-state index in [0.29, 0.717) is 22.9 Å². The summed E-state index contributed by atoms with van der Waals surface area (Å²) in [5, 5.41) is 12.8. The van der Waals surface area contributed by atoms with Crippen LogP contribution >= 0.6 is 11.6 Å². The van der Waals surface area contributed by atoms with Crippen LogP contribution in [0, 0.1) is 0 Å². The van der Waals surface area contributed by atoms with Crippen LogP contribution in [0.1, 0.15) is 30.4 Å². The molecule has 0 bridgehead atoms. The van der Waals surface area contributed by atoms with Crippen molar-refractivity contribution in [2.45, 2.75) is 37.8 Å². The predicted octanol–water partition coefficient (Wildman–Crippen LogP) is 3.56. The van der Waals surface area contributed by atoms with Gasteiger partial charge in [0.05, 0.1) is 18.3 Å². The molecule has 1 aliphatic heterocycles. The van der Waals surface area contributed by atoms with Gasteiger partial charge < -0.3 is 9.88 Å². The molecule has 0 saturated carbocycles. The SMILES string of the molecule is C[C@@H](C(=O)Nc1cn(Cc2cccc(Cl)c2)cn1)N1CCC(F)(F)[C@@H](c2cc[n+](O)cc2)C1. The largest absolute Gasteiger partial charge is 0.331 e. The monoisotopic (exact) mass is 476 g/mol. The minimum absolute atomic E-state index is 0.0280. The number of alkyl halides is 2. The average Bonchev–Trinajstić information content (AvgIpc) is 3.20. The number of hydrogen-bond acceptors (Lipinski definition) is 4. The molecule has 1 amide bonds. The van der Waals surface area contributed by atoms with Crippen molar-refractivity contribution in [3.63, 3.8) is 0 Å². The molecule has 3 aromatic rings. The van der Waals surface area contributed by atoms with Crippen LogP contribution in [0.5, 0.6) is 0 Å². The summed E-state index contributed by atoms with van der Waals surface area (Å²) in [7, 11) is 0. The Morgan fingerprint density at radius 3 is 2.85 bits per heavy atom. The maximum absolute atomic E-state index is 14.6. The first-order valence-electron chi connectivity index (χ1n) is 10.6. The summed E-state index contributed by atoms with van der Waals surface area (Å²) in [5.41, 5.74) is 1.42. The standard InChI is InChI=1S/C23H24ClF2N5O2/c1-16(30-10-7-23(25,26)20(13-30)18-5-8-31(33)9-6-18)22(32)28-21-14-29(15-27-21)12-17-3-2-4-19(24)11-17/h2-6,8-9,11,14-16,20H,7,10,12-13H2,1H3,(H-,28,32,33)/p+1/t16-,20+/m0/s1. The number of aromatic nitrogens is 3. The van der Waals surface area contributed by atoms with Crippen molar-refractivity contribution in [2.75, 3.05) is 18.4 Å². The summed E-state index contributed by atoms with van der Waals surface area (Å²) in [6.07, 6.45) is 5.62. The fraction of sp³-hybridized carbons (Fsp3) is 0.348. The van der Waals surface area contributed by atoms with Crippen molar-refractivity contribution in [1.29, 1.82) is 0 Å². The number of imidazole rings is 1. The number of benzene rings is 1. The lowest BCUT2D eigenvalue weighted by Crippen LogP contribution is -2.52. The van der Waals surface area contributed by atoms with Crippen molar-refractivity contribution in [3.05, 3.63) is 77.5 Å². The Balaban J connectivity index is 1.39. The van der Waals surface area contributed by atoms with E-state index in [-0.39, 0.29) is 25.4 Å². The lowest BCUT2D eigenvalue weighted by Gasteiger charge is -2.40. The van der Waals surface area contributed by atoms with Gasteiger partial charge in [-0.15, -0.1) is 0 Å². The molecule has 7 nitrogen and oxygen atoms in total. The fourth-order valence-electron chi connectivity index (χ4n) is 4.04. The smallest absolute Gasteiger partial charge is 0.257 e. The van der Waals surface area contributed by atoms with Gasteiger partial charge in [0.1, 0.15) is 0 Å². The zero-order valence-corrected chi connectivity index (χ0v) is 18.8. The fourth-order valence-corrected chi connectivity index (χ4v) is 4.26. The van der Waals surface area contributed by atoms with Gasteiger partial charge in [-0.2, -0.15) is 0 Å². The Bertz CT molecular complexity index is 1120. The highest BCUT2D eigenvalue weighted by Crippen LogP contribution is 2.40. The quantitative estimate of drug-likeness (QED) is 0.421. The number of likely N-dealkylation sites (tertiary alicyclic amines) is 1. The molecule has 2 N–H and O–H groups in total. The molecule has 33 heavy (non-hydrogen) atoms. The Morgan fingerprint density at radius 2 is 2.12 bits per heavy atom. The molecule has 174 valence electrons. The van der Waals surface area contributed by atoms with Gasteiger partial charge in [-0.25, -0.2) is 13.8 Å². The summed E-state index contributed by atoms with van der Waals surface area (Å²) in [6, 6.07) is 9.80. The van der Waals surface area contributed by atoms with Crippen molar-refractivity contribution < 1.29 is 23.5 Å². The van der Waals surface area contributed by atoms with Gasteiger partial charge >= 0.3 is 0 Å². The Labute approximate surface area is 195 Å². The lowest BCUT2D eigenvalue weighted by molar-refractivity contribution is -0.904. The number of piperidine rings is 1. The number of anilines is 1. The van der Waals surface area contributed by atoms with Crippen LogP contribution in [-0.2, 0) is 11.3 Å². The van der Waals surface area contributed by atoms with Crippen LogP contribution in [0.15, 0.2) is 61.3 Å². The molecule has 3 heterocycles. The molecule has 0 radical (unpaired) electrons. The highest BCUT2D eigenvalue weighted by molar-refractivity contribution is 6.30. The van der Waals surface area contributed by atoms with Gasteiger partial charge in [-0.3, -0.25) is 14.9 Å². The number of halogens is 3. The topological polar surface area (TPSA) is 74.3 Å². The van der Waals surface area contributed by atoms with Gasteiger partial charge in [0.15, 0.2) is 5.82 Å². The second kappa shape index (κ2) is 9.44. The van der Waals surface area contributed by atoms with Crippen molar-refractivity contribution in [1.82, 2.24) is 14.5 Å². The van der Waals surface area contributed by atoms with E-state index < -0.39 is 17.9 Å². The maximum atomic E-state index is 14.6. The summed E-state index contributed by atoms with van der Waals surface area (Å²) in [6.45, 7) is 2.38. The van der Waals surface area contributed by atoms with Crippen molar-refractivity contribution in [2.24, 2.45) is 0 Å². The summed E-state index contributed by atoms with van der Waals surface area (Å²) >= 11 is 6.02. The minimum Gasteiger partial charge on any atom is -0.331 e. The third kappa shape index (κ3) is 5.48. The molecular weight excluding hydrogens is 452 g/mol. The van der Waals surface area contributed by atoms with Gasteiger partial charge in [0.25, 0.3) is 5.92 Å². The number of nitrogens with one attached hydrogen (secondary N) is 1. The van der Waals surface area contributed by atoms with Crippen LogP contribution in [-0.4, -0.2) is 50.6 Å². The summed E-state index contributed by atoms with van der Waals surface area (Å²) in [4.78, 5) is 18.8. The number of nitrogens with zero attached hydrogens (tertiary/aromatic N) is 4. The second-order valence-electron chi connectivity index (χ2n) is 8.30. The number of pyridine rings is 1. The molecule has 2 aromatic heterocycles. The first-order chi connectivity index (χ1) is 15.7. The molecule has 0 aliphatic carbocycles. The molecule has 1 aliphatic rings. The number of carbonyl (C=O) groups is 1. The Hall–Kier alpha value is -3.04.